The summed E-state index contributed by atoms with van der Waals surface area (Å²) in [6, 6.07) is 19.9. The molecule has 1 unspecified atom stereocenters. The molecular formula is C30H30O11. The fourth-order valence-corrected chi connectivity index (χ4v) is 4.92. The van der Waals surface area contributed by atoms with E-state index in [1.807, 2.05) is 6.07 Å². The zero-order valence-electron chi connectivity index (χ0n) is 21.6. The molecule has 2 aliphatic heterocycles. The summed E-state index contributed by atoms with van der Waals surface area (Å²) in [5, 5.41) is 63.0. The Morgan fingerprint density at radius 3 is 2.27 bits per heavy atom. The van der Waals surface area contributed by atoms with Crippen molar-refractivity contribution in [1.29, 1.82) is 0 Å². The zero-order valence-corrected chi connectivity index (χ0v) is 21.6. The van der Waals surface area contributed by atoms with Gasteiger partial charge in [0.05, 0.1) is 12.2 Å². The number of benzene rings is 3. The number of hydrogen-bond donors (Lipinski definition) is 6. The number of aliphatic hydroxyl groups is 4. The molecule has 6 N–H and O–H groups in total. The van der Waals surface area contributed by atoms with Crippen molar-refractivity contribution in [3.63, 3.8) is 0 Å². The van der Waals surface area contributed by atoms with E-state index in [9.17, 15) is 35.4 Å². The van der Waals surface area contributed by atoms with Gasteiger partial charge in [-0.1, -0.05) is 60.7 Å². The maximum atomic E-state index is 12.7. The summed E-state index contributed by atoms with van der Waals surface area (Å²) in [5.41, 5.74) is 1.21. The molecule has 0 bridgehead atoms. The summed E-state index contributed by atoms with van der Waals surface area (Å²) < 4.78 is 23.4. The third kappa shape index (κ3) is 6.05. The molecule has 3 aromatic rings. The highest BCUT2D eigenvalue weighted by Crippen LogP contribution is 2.48. The Morgan fingerprint density at radius 1 is 0.902 bits per heavy atom. The van der Waals surface area contributed by atoms with Crippen LogP contribution in [0.4, 0.5) is 0 Å². The maximum absolute atomic E-state index is 12.7. The number of rotatable bonds is 7. The van der Waals surface area contributed by atoms with Gasteiger partial charge in [-0.25, -0.2) is 4.79 Å². The van der Waals surface area contributed by atoms with Gasteiger partial charge in [-0.3, -0.25) is 0 Å². The van der Waals surface area contributed by atoms with Crippen LogP contribution in [0.3, 0.4) is 0 Å². The number of ether oxygens (including phenoxy) is 4. The van der Waals surface area contributed by atoms with E-state index in [2.05, 4.69) is 0 Å². The minimum Gasteiger partial charge on any atom is -0.508 e. The topological polar surface area (TPSA) is 175 Å². The molecule has 1 fully saturated rings. The minimum atomic E-state index is -1.73. The van der Waals surface area contributed by atoms with Crippen molar-refractivity contribution in [2.45, 2.75) is 49.0 Å². The fourth-order valence-electron chi connectivity index (χ4n) is 4.92. The molecule has 1 saturated heterocycles. The van der Waals surface area contributed by atoms with E-state index in [0.717, 1.165) is 17.7 Å². The van der Waals surface area contributed by atoms with Crippen LogP contribution < -0.4 is 4.74 Å². The number of hydrogen-bond acceptors (Lipinski definition) is 11. The third-order valence-electron chi connectivity index (χ3n) is 6.97. The smallest absolute Gasteiger partial charge is 0.331 e. The molecule has 41 heavy (non-hydrogen) atoms. The van der Waals surface area contributed by atoms with Crippen LogP contribution in [0.5, 0.6) is 17.2 Å². The predicted molar refractivity (Wildman–Crippen MR) is 143 cm³/mol. The first-order valence-electron chi connectivity index (χ1n) is 12.9. The van der Waals surface area contributed by atoms with E-state index < -0.39 is 67.3 Å². The van der Waals surface area contributed by atoms with Crippen molar-refractivity contribution in [2.24, 2.45) is 0 Å². The highest BCUT2D eigenvalue weighted by molar-refractivity contribution is 5.87. The number of phenols is 2. The number of aliphatic hydroxyl groups excluding tert-OH is 4. The molecule has 0 aliphatic carbocycles. The summed E-state index contributed by atoms with van der Waals surface area (Å²) in [4.78, 5) is 12.7. The van der Waals surface area contributed by atoms with E-state index in [0.29, 0.717) is 5.56 Å². The Bertz CT molecular complexity index is 1360. The van der Waals surface area contributed by atoms with Gasteiger partial charge >= 0.3 is 5.97 Å². The summed E-state index contributed by atoms with van der Waals surface area (Å²) in [6.07, 6.45) is -9.07. The second kappa shape index (κ2) is 12.3. The molecule has 216 valence electrons. The Balaban J connectivity index is 1.46. The second-order valence-corrected chi connectivity index (χ2v) is 9.72. The Morgan fingerprint density at radius 2 is 1.59 bits per heavy atom. The van der Waals surface area contributed by atoms with Crippen LogP contribution in [-0.4, -0.2) is 80.0 Å². The average Bonchev–Trinajstić information content (AvgIpc) is 2.97. The molecule has 0 amide bonds. The lowest BCUT2D eigenvalue weighted by molar-refractivity contribution is -0.326. The molecule has 11 nitrogen and oxygen atoms in total. The highest BCUT2D eigenvalue weighted by atomic mass is 16.7. The van der Waals surface area contributed by atoms with Crippen molar-refractivity contribution < 1.29 is 54.4 Å². The quantitative estimate of drug-likeness (QED) is 0.181. The van der Waals surface area contributed by atoms with Gasteiger partial charge in [0.25, 0.3) is 0 Å². The monoisotopic (exact) mass is 566 g/mol. The SMILES string of the molecule is O=C(/C=C/c1ccccc1)O[C@H]1[C@H](O[C@H]2C(c3ccccc3)Oc3cc(O)cc(O)c3[C@@H]2O)O[C@H](CO)[C@@H](O)[C@@H]1O. The van der Waals surface area contributed by atoms with Crippen LogP contribution in [0.25, 0.3) is 6.08 Å². The van der Waals surface area contributed by atoms with Crippen LogP contribution in [-0.2, 0) is 19.0 Å². The first kappa shape index (κ1) is 28.6. The average molecular weight is 567 g/mol. The molecule has 0 spiro atoms. The van der Waals surface area contributed by atoms with E-state index in [-0.39, 0.29) is 17.1 Å². The molecular weight excluding hydrogens is 536 g/mol. The van der Waals surface area contributed by atoms with E-state index in [1.54, 1.807) is 54.6 Å². The lowest BCUT2D eigenvalue weighted by Gasteiger charge is -2.45. The zero-order chi connectivity index (χ0) is 29.1. The van der Waals surface area contributed by atoms with Gasteiger partial charge in [-0.15, -0.1) is 0 Å². The van der Waals surface area contributed by atoms with Crippen molar-refractivity contribution >= 4 is 12.0 Å². The number of carbonyl (C=O) groups excluding carboxylic acids is 1. The van der Waals surface area contributed by atoms with Crippen molar-refractivity contribution in [3.8, 4) is 17.2 Å². The molecule has 2 aliphatic rings. The number of fused-ring (bicyclic) bond motifs is 1. The van der Waals surface area contributed by atoms with Crippen LogP contribution in [0.1, 0.15) is 28.9 Å². The standard InChI is InChI=1S/C30H30O11/c31-15-21-24(35)26(37)29(40-22(34)12-11-16-7-3-1-4-8-16)30(39-21)41-28-25(36)23-19(33)13-18(32)14-20(23)38-27(28)17-9-5-2-6-10-17/h1-14,21,24-33,35-37H,15H2/b12-11+/t21-,24-,25+,26+,27?,28-,29-,30+/m1/s1. The van der Waals surface area contributed by atoms with E-state index >= 15 is 0 Å². The van der Waals surface area contributed by atoms with Crippen LogP contribution in [0.15, 0.2) is 78.9 Å². The molecule has 3 aromatic carbocycles. The number of esters is 1. The van der Waals surface area contributed by atoms with Gasteiger partial charge in [-0.05, 0) is 17.2 Å². The first-order chi connectivity index (χ1) is 19.8. The Labute approximate surface area is 235 Å². The molecule has 0 radical (unpaired) electrons. The van der Waals surface area contributed by atoms with Crippen LogP contribution in [0, 0.1) is 0 Å². The molecule has 0 saturated carbocycles. The Kier molecular flexibility index (Phi) is 8.54. The minimum absolute atomic E-state index is 0.0194. The second-order valence-electron chi connectivity index (χ2n) is 9.72. The predicted octanol–water partition coefficient (Wildman–Crippen LogP) is 1.71. The summed E-state index contributed by atoms with van der Waals surface area (Å²) in [7, 11) is 0. The van der Waals surface area contributed by atoms with Gasteiger partial charge < -0.3 is 49.6 Å². The van der Waals surface area contributed by atoms with E-state index in [4.69, 9.17) is 18.9 Å². The lowest BCUT2D eigenvalue weighted by Crippen LogP contribution is -2.61. The molecule has 5 rings (SSSR count). The normalized spacial score (nSPS) is 29.5. The first-order valence-corrected chi connectivity index (χ1v) is 12.9. The van der Waals surface area contributed by atoms with Crippen LogP contribution >= 0.6 is 0 Å². The molecule has 8 atom stereocenters. The number of aromatic hydroxyl groups is 2. The summed E-state index contributed by atoms with van der Waals surface area (Å²) in [6.45, 7) is -0.693. The van der Waals surface area contributed by atoms with Crippen molar-refractivity contribution in [3.05, 3.63) is 95.6 Å². The van der Waals surface area contributed by atoms with Gasteiger partial charge in [0.2, 0.25) is 0 Å². The molecule has 2 heterocycles. The van der Waals surface area contributed by atoms with Crippen molar-refractivity contribution in [2.75, 3.05) is 6.61 Å². The van der Waals surface area contributed by atoms with Gasteiger partial charge in [-0.2, -0.15) is 0 Å². The van der Waals surface area contributed by atoms with Crippen LogP contribution in [0.2, 0.25) is 0 Å². The van der Waals surface area contributed by atoms with E-state index in [1.165, 1.54) is 12.1 Å². The van der Waals surface area contributed by atoms with Gasteiger partial charge in [0, 0.05) is 18.2 Å². The fraction of sp³-hybridized carbons (Fsp3) is 0.300. The lowest BCUT2D eigenvalue weighted by atomic mass is 9.91. The molecule has 11 heteroatoms. The van der Waals surface area contributed by atoms with Gasteiger partial charge in [0.1, 0.15) is 47.8 Å². The molecule has 0 aromatic heterocycles. The Hall–Kier alpha value is -3.97. The summed E-state index contributed by atoms with van der Waals surface area (Å²) >= 11 is 0. The maximum Gasteiger partial charge on any atom is 0.331 e. The number of carbonyl (C=O) groups is 1. The number of phenolic OH excluding ortho intramolecular Hbond substituents is 2. The van der Waals surface area contributed by atoms with Gasteiger partial charge in [0.15, 0.2) is 18.5 Å². The third-order valence-corrected chi connectivity index (χ3v) is 6.97. The van der Waals surface area contributed by atoms with Crippen molar-refractivity contribution in [1.82, 2.24) is 0 Å². The summed E-state index contributed by atoms with van der Waals surface area (Å²) in [5.74, 6) is -1.59. The highest BCUT2D eigenvalue weighted by Gasteiger charge is 2.51. The largest absolute Gasteiger partial charge is 0.508 e.